The number of guanidine groups is 1. The number of hydrogen-bond donors (Lipinski definition) is 2. The van der Waals surface area contributed by atoms with Gasteiger partial charge in [0.15, 0.2) is 5.96 Å². The third kappa shape index (κ3) is 12.2. The molecule has 0 aliphatic carbocycles. The first-order valence-corrected chi connectivity index (χ1v) is 8.06. The molecule has 1 aliphatic rings. The zero-order chi connectivity index (χ0) is 14.5. The topological polar surface area (TPSA) is 68.9 Å². The van der Waals surface area contributed by atoms with E-state index < -0.39 is 0 Å². The Labute approximate surface area is 146 Å². The maximum atomic E-state index is 5.80. The molecule has 3 N–H and O–H groups in total. The Bertz CT molecular complexity index is 259. The molecule has 1 saturated heterocycles. The lowest BCUT2D eigenvalue weighted by Crippen LogP contribution is -2.32. The average molecular weight is 413 g/mol. The number of ether oxygens (including phenoxy) is 2. The first-order chi connectivity index (χ1) is 9.83. The summed E-state index contributed by atoms with van der Waals surface area (Å²) in [6, 6.07) is 0. The highest BCUT2D eigenvalue weighted by atomic mass is 127. The highest BCUT2D eigenvalue weighted by molar-refractivity contribution is 14.0. The van der Waals surface area contributed by atoms with Crippen molar-refractivity contribution < 1.29 is 9.47 Å². The van der Waals surface area contributed by atoms with Gasteiger partial charge in [-0.1, -0.05) is 26.2 Å². The summed E-state index contributed by atoms with van der Waals surface area (Å²) < 4.78 is 11.1. The van der Waals surface area contributed by atoms with Crippen molar-refractivity contribution >= 4 is 29.9 Å². The van der Waals surface area contributed by atoms with Crippen molar-refractivity contribution in [3.05, 3.63) is 0 Å². The lowest BCUT2D eigenvalue weighted by atomic mass is 10.1. The molecular weight excluding hydrogens is 381 g/mol. The van der Waals surface area contributed by atoms with Crippen molar-refractivity contribution in [3.8, 4) is 0 Å². The number of nitrogens with zero attached hydrogens (tertiary/aromatic N) is 1. The smallest absolute Gasteiger partial charge is 0.188 e. The van der Waals surface area contributed by atoms with Gasteiger partial charge in [-0.15, -0.1) is 24.0 Å². The summed E-state index contributed by atoms with van der Waals surface area (Å²) >= 11 is 0. The Hall–Kier alpha value is -0.0800. The molecule has 0 spiro atoms. The van der Waals surface area contributed by atoms with E-state index >= 15 is 0 Å². The van der Waals surface area contributed by atoms with Crippen LogP contribution in [0, 0.1) is 0 Å². The Morgan fingerprint density at radius 3 is 2.71 bits per heavy atom. The molecule has 1 rings (SSSR count). The summed E-state index contributed by atoms with van der Waals surface area (Å²) in [6.45, 7) is 6.30. The number of halogens is 1. The zero-order valence-corrected chi connectivity index (χ0v) is 15.6. The summed E-state index contributed by atoms with van der Waals surface area (Å²) in [4.78, 5) is 4.30. The number of nitrogens with two attached hydrogens (primary N) is 1. The molecule has 0 atom stereocenters. The number of hydrogen-bond acceptors (Lipinski definition) is 3. The van der Waals surface area contributed by atoms with Crippen molar-refractivity contribution in [2.75, 3.05) is 32.9 Å². The van der Waals surface area contributed by atoms with Crippen LogP contribution < -0.4 is 11.1 Å². The molecule has 0 saturated carbocycles. The van der Waals surface area contributed by atoms with Gasteiger partial charge < -0.3 is 20.5 Å². The van der Waals surface area contributed by atoms with E-state index in [2.05, 4.69) is 17.2 Å². The number of nitrogens with one attached hydrogen (secondary N) is 1. The first kappa shape index (κ1) is 20.9. The standard InChI is InChI=1S/C15H31N3O2.HI/c1-2-3-4-5-9-17-15(16)18-10-6-11-20-14-7-12-19-13-8-14;/h14H,2-13H2,1H3,(H3,16,17,18);1H. The predicted octanol–water partition coefficient (Wildman–Crippen LogP) is 2.67. The number of unbranched alkanes of at least 4 members (excludes halogenated alkanes) is 3. The van der Waals surface area contributed by atoms with Gasteiger partial charge in [-0.2, -0.15) is 0 Å². The summed E-state index contributed by atoms with van der Waals surface area (Å²) in [5.41, 5.74) is 5.80. The van der Waals surface area contributed by atoms with Gasteiger partial charge in [-0.3, -0.25) is 4.99 Å². The van der Waals surface area contributed by atoms with E-state index in [1.165, 1.54) is 19.3 Å². The minimum absolute atomic E-state index is 0. The minimum atomic E-state index is 0. The van der Waals surface area contributed by atoms with Gasteiger partial charge in [-0.05, 0) is 25.7 Å². The summed E-state index contributed by atoms with van der Waals surface area (Å²) in [7, 11) is 0. The van der Waals surface area contributed by atoms with E-state index in [4.69, 9.17) is 15.2 Å². The molecule has 0 unspecified atom stereocenters. The van der Waals surface area contributed by atoms with Crippen LogP contribution in [0.4, 0.5) is 0 Å². The maximum Gasteiger partial charge on any atom is 0.188 e. The molecule has 1 fully saturated rings. The van der Waals surface area contributed by atoms with Crippen LogP contribution in [0.2, 0.25) is 0 Å². The van der Waals surface area contributed by atoms with Gasteiger partial charge in [0, 0.05) is 32.9 Å². The molecule has 5 nitrogen and oxygen atoms in total. The summed E-state index contributed by atoms with van der Waals surface area (Å²) in [5, 5.41) is 3.15. The minimum Gasteiger partial charge on any atom is -0.381 e. The van der Waals surface area contributed by atoms with E-state index in [0.29, 0.717) is 12.1 Å². The molecule has 126 valence electrons. The number of rotatable bonds is 10. The Kier molecular flexibility index (Phi) is 14.8. The molecule has 0 aromatic rings. The third-order valence-electron chi connectivity index (χ3n) is 3.44. The molecule has 1 aliphatic heterocycles. The lowest BCUT2D eigenvalue weighted by molar-refractivity contribution is -0.0318. The molecular formula is C15H32IN3O2. The van der Waals surface area contributed by atoms with E-state index in [-0.39, 0.29) is 24.0 Å². The van der Waals surface area contributed by atoms with Crippen LogP contribution in [-0.2, 0) is 9.47 Å². The maximum absolute atomic E-state index is 5.80. The fourth-order valence-corrected chi connectivity index (χ4v) is 2.18. The van der Waals surface area contributed by atoms with Gasteiger partial charge in [0.1, 0.15) is 0 Å². The van der Waals surface area contributed by atoms with Crippen molar-refractivity contribution in [2.24, 2.45) is 10.7 Å². The second kappa shape index (κ2) is 14.8. The zero-order valence-electron chi connectivity index (χ0n) is 13.3. The van der Waals surface area contributed by atoms with E-state index in [0.717, 1.165) is 58.6 Å². The van der Waals surface area contributed by atoms with E-state index in [1.807, 2.05) is 0 Å². The lowest BCUT2D eigenvalue weighted by Gasteiger charge is -2.22. The van der Waals surface area contributed by atoms with Gasteiger partial charge in [0.25, 0.3) is 0 Å². The SMILES string of the molecule is CCCCCCNC(N)=NCCCOC1CCOCC1.I. The largest absolute Gasteiger partial charge is 0.381 e. The highest BCUT2D eigenvalue weighted by Gasteiger charge is 2.13. The Morgan fingerprint density at radius 1 is 1.24 bits per heavy atom. The predicted molar refractivity (Wildman–Crippen MR) is 98.5 cm³/mol. The van der Waals surface area contributed by atoms with Crippen LogP contribution in [-0.4, -0.2) is 45.0 Å². The van der Waals surface area contributed by atoms with Gasteiger partial charge in [0.2, 0.25) is 0 Å². The third-order valence-corrected chi connectivity index (χ3v) is 3.44. The Balaban J connectivity index is 0.00000400. The Morgan fingerprint density at radius 2 is 2.00 bits per heavy atom. The van der Waals surface area contributed by atoms with Crippen molar-refractivity contribution in [3.63, 3.8) is 0 Å². The molecule has 0 amide bonds. The second-order valence-corrected chi connectivity index (χ2v) is 5.29. The molecule has 0 bridgehead atoms. The van der Waals surface area contributed by atoms with Crippen LogP contribution in [0.3, 0.4) is 0 Å². The normalized spacial score (nSPS) is 16.5. The van der Waals surface area contributed by atoms with Crippen molar-refractivity contribution in [2.45, 2.75) is 58.0 Å². The number of aliphatic imine (C=N–C) groups is 1. The van der Waals surface area contributed by atoms with Crippen LogP contribution >= 0.6 is 24.0 Å². The summed E-state index contributed by atoms with van der Waals surface area (Å²) in [5.74, 6) is 0.563. The van der Waals surface area contributed by atoms with Crippen LogP contribution in [0.5, 0.6) is 0 Å². The molecule has 1 heterocycles. The van der Waals surface area contributed by atoms with Crippen LogP contribution in [0.1, 0.15) is 51.9 Å². The molecule has 0 aromatic carbocycles. The van der Waals surface area contributed by atoms with Gasteiger partial charge in [0.05, 0.1) is 6.10 Å². The first-order valence-electron chi connectivity index (χ1n) is 8.06. The average Bonchev–Trinajstić information content (AvgIpc) is 2.48. The van der Waals surface area contributed by atoms with Gasteiger partial charge >= 0.3 is 0 Å². The molecule has 21 heavy (non-hydrogen) atoms. The molecule has 6 heteroatoms. The van der Waals surface area contributed by atoms with E-state index in [9.17, 15) is 0 Å². The van der Waals surface area contributed by atoms with Crippen molar-refractivity contribution in [1.82, 2.24) is 5.32 Å². The fourth-order valence-electron chi connectivity index (χ4n) is 2.18. The summed E-state index contributed by atoms with van der Waals surface area (Å²) in [6.07, 6.45) is 8.32. The highest BCUT2D eigenvalue weighted by Crippen LogP contribution is 2.10. The second-order valence-electron chi connectivity index (χ2n) is 5.29. The molecule has 0 aromatic heterocycles. The van der Waals surface area contributed by atoms with Crippen molar-refractivity contribution in [1.29, 1.82) is 0 Å². The fraction of sp³-hybridized carbons (Fsp3) is 0.933. The quantitative estimate of drug-likeness (QED) is 0.250. The van der Waals surface area contributed by atoms with Crippen LogP contribution in [0.15, 0.2) is 4.99 Å². The monoisotopic (exact) mass is 413 g/mol. The molecule has 0 radical (unpaired) electrons. The van der Waals surface area contributed by atoms with Crippen LogP contribution in [0.25, 0.3) is 0 Å². The van der Waals surface area contributed by atoms with Gasteiger partial charge in [-0.25, -0.2) is 0 Å². The van der Waals surface area contributed by atoms with E-state index in [1.54, 1.807) is 0 Å².